The van der Waals surface area contributed by atoms with E-state index >= 15 is 0 Å². The third-order valence-electron chi connectivity index (χ3n) is 1.66. The molecule has 0 rings (SSSR count). The zero-order chi connectivity index (χ0) is 8.20. The van der Waals surface area contributed by atoms with Crippen molar-refractivity contribution in [2.45, 2.75) is 26.3 Å². The molecule has 0 bridgehead atoms. The summed E-state index contributed by atoms with van der Waals surface area (Å²) in [6.45, 7) is 8.12. The van der Waals surface area contributed by atoms with Gasteiger partial charge in [-0.25, -0.2) is 0 Å². The number of nitrogens with zero attached hydrogens (tertiary/aromatic N) is 1. The monoisotopic (exact) mass is 163 g/mol. The molecule has 0 radical (unpaired) electrons. The van der Waals surface area contributed by atoms with Crippen LogP contribution in [0.1, 0.15) is 20.8 Å². The molecule has 0 heterocycles. The van der Waals surface area contributed by atoms with Gasteiger partial charge in [0.1, 0.15) is 0 Å². The van der Waals surface area contributed by atoms with Crippen molar-refractivity contribution in [3.63, 3.8) is 0 Å². The third-order valence-corrected chi connectivity index (χ3v) is 1.85. The lowest BCUT2D eigenvalue weighted by molar-refractivity contribution is 0.152. The van der Waals surface area contributed by atoms with E-state index in [0.717, 1.165) is 6.54 Å². The van der Waals surface area contributed by atoms with Gasteiger partial charge in [-0.05, 0) is 40.7 Å². The van der Waals surface area contributed by atoms with Crippen molar-refractivity contribution in [3.8, 4) is 0 Å². The number of likely N-dealkylation sites (N-methyl/N-ethyl adjacent to an activating group) is 1. The summed E-state index contributed by atoms with van der Waals surface area (Å²) in [5.74, 6) is 0. The van der Waals surface area contributed by atoms with Gasteiger partial charge in [0.2, 0.25) is 0 Å². The summed E-state index contributed by atoms with van der Waals surface area (Å²) in [6, 6.07) is 0. The maximum Gasteiger partial charge on any atom is 0.0737 e. The first-order valence-electron chi connectivity index (χ1n) is 3.46. The average Bonchev–Trinajstić information content (AvgIpc) is 1.80. The second kappa shape index (κ2) is 4.21. The maximum atomic E-state index is 4.66. The number of hydrogen-bond acceptors (Lipinski definition) is 3. The quantitative estimate of drug-likeness (QED) is 0.501. The van der Waals surface area contributed by atoms with Gasteiger partial charge in [0.25, 0.3) is 0 Å². The minimum Gasteiger partial charge on any atom is -0.317 e. The van der Waals surface area contributed by atoms with Gasteiger partial charge >= 0.3 is 0 Å². The molecule has 2 nitrogen and oxygen atoms in total. The molecule has 0 unspecified atom stereocenters. The molecule has 0 saturated heterocycles. The van der Waals surface area contributed by atoms with Crippen molar-refractivity contribution in [1.82, 2.24) is 4.90 Å². The molecule has 0 aromatic carbocycles. The third kappa shape index (κ3) is 4.14. The topological polar surface area (TPSA) is 12.5 Å². The number of thiol groups is 1. The first kappa shape index (κ1) is 10.3. The van der Waals surface area contributed by atoms with Crippen LogP contribution in [-0.2, 0) is 4.18 Å². The van der Waals surface area contributed by atoms with Gasteiger partial charge in [-0.3, -0.25) is 4.90 Å². The molecular weight excluding hydrogens is 146 g/mol. The van der Waals surface area contributed by atoms with Crippen LogP contribution in [0.25, 0.3) is 0 Å². The summed E-state index contributed by atoms with van der Waals surface area (Å²) in [5, 5.41) is 0. The molecule has 0 fully saturated rings. The number of rotatable bonds is 3. The highest BCUT2D eigenvalue weighted by atomic mass is 32.1. The van der Waals surface area contributed by atoms with Crippen LogP contribution in [0.5, 0.6) is 0 Å². The lowest BCUT2D eigenvalue weighted by Gasteiger charge is -2.31. The summed E-state index contributed by atoms with van der Waals surface area (Å²) in [6.07, 6.45) is 0. The minimum atomic E-state index is 0.228. The highest BCUT2D eigenvalue weighted by Gasteiger charge is 2.15. The fourth-order valence-corrected chi connectivity index (χ4v) is 0.595. The maximum absolute atomic E-state index is 4.66. The van der Waals surface area contributed by atoms with Crippen molar-refractivity contribution < 1.29 is 4.18 Å². The second-order valence-corrected chi connectivity index (χ2v) is 3.68. The summed E-state index contributed by atoms with van der Waals surface area (Å²) in [7, 11) is 2.08. The normalized spacial score (nSPS) is 12.6. The summed E-state index contributed by atoms with van der Waals surface area (Å²) >= 11 is 3.66. The van der Waals surface area contributed by atoms with Crippen LogP contribution in [0, 0.1) is 0 Å². The Kier molecular flexibility index (Phi) is 4.32. The molecular formula is C7H17NOS. The smallest absolute Gasteiger partial charge is 0.0737 e. The van der Waals surface area contributed by atoms with E-state index in [0.29, 0.717) is 6.61 Å². The minimum absolute atomic E-state index is 0.228. The van der Waals surface area contributed by atoms with Crippen molar-refractivity contribution in [2.75, 3.05) is 20.2 Å². The van der Waals surface area contributed by atoms with Gasteiger partial charge in [0.05, 0.1) is 6.61 Å². The molecule has 0 aromatic rings. The Morgan fingerprint density at radius 1 is 1.40 bits per heavy atom. The molecule has 3 heteroatoms. The fourth-order valence-electron chi connectivity index (χ4n) is 0.513. The molecule has 0 aliphatic rings. The van der Waals surface area contributed by atoms with E-state index in [1.54, 1.807) is 0 Å². The average molecular weight is 163 g/mol. The van der Waals surface area contributed by atoms with Crippen LogP contribution in [0.3, 0.4) is 0 Å². The predicted molar refractivity (Wildman–Crippen MR) is 47.3 cm³/mol. The molecule has 0 atom stereocenters. The molecule has 62 valence electrons. The van der Waals surface area contributed by atoms with Crippen LogP contribution in [0.15, 0.2) is 0 Å². The molecule has 0 amide bonds. The van der Waals surface area contributed by atoms with Gasteiger partial charge < -0.3 is 4.18 Å². The fraction of sp³-hybridized carbons (Fsp3) is 1.00. The van der Waals surface area contributed by atoms with E-state index in [4.69, 9.17) is 0 Å². The Hall–Kier alpha value is 0.270. The first-order valence-corrected chi connectivity index (χ1v) is 3.82. The van der Waals surface area contributed by atoms with Gasteiger partial charge in [-0.1, -0.05) is 0 Å². The lowest BCUT2D eigenvalue weighted by Crippen LogP contribution is -2.39. The van der Waals surface area contributed by atoms with Crippen molar-refractivity contribution >= 4 is 12.9 Å². The Morgan fingerprint density at radius 3 is 2.20 bits per heavy atom. The zero-order valence-corrected chi connectivity index (χ0v) is 8.11. The van der Waals surface area contributed by atoms with E-state index in [9.17, 15) is 0 Å². The molecule has 0 aromatic heterocycles. The largest absolute Gasteiger partial charge is 0.317 e. The highest BCUT2D eigenvalue weighted by molar-refractivity contribution is 7.75. The van der Waals surface area contributed by atoms with Crippen molar-refractivity contribution in [3.05, 3.63) is 0 Å². The van der Waals surface area contributed by atoms with Crippen LogP contribution in [0.4, 0.5) is 0 Å². The predicted octanol–water partition coefficient (Wildman–Crippen LogP) is 1.58. The molecule has 0 aliphatic heterocycles. The Balaban J connectivity index is 3.52. The SMILES string of the molecule is CN(CCOS)C(C)(C)C. The Labute approximate surface area is 69.2 Å². The molecule has 0 aliphatic carbocycles. The van der Waals surface area contributed by atoms with Gasteiger partial charge in [-0.2, -0.15) is 0 Å². The molecule has 10 heavy (non-hydrogen) atoms. The van der Waals surface area contributed by atoms with Crippen LogP contribution < -0.4 is 0 Å². The van der Waals surface area contributed by atoms with Gasteiger partial charge in [0, 0.05) is 12.1 Å². The van der Waals surface area contributed by atoms with Crippen LogP contribution in [0.2, 0.25) is 0 Å². The van der Waals surface area contributed by atoms with Gasteiger partial charge in [-0.15, -0.1) is 0 Å². The van der Waals surface area contributed by atoms with Crippen molar-refractivity contribution in [1.29, 1.82) is 0 Å². The standard InChI is InChI=1S/C7H17NOS/c1-7(2,3)8(4)5-6-9-10/h10H,5-6H2,1-4H3. The van der Waals surface area contributed by atoms with E-state index in [2.05, 4.69) is 49.8 Å². The summed E-state index contributed by atoms with van der Waals surface area (Å²) in [4.78, 5) is 2.23. The molecule has 0 spiro atoms. The van der Waals surface area contributed by atoms with E-state index < -0.39 is 0 Å². The molecule has 0 N–H and O–H groups in total. The van der Waals surface area contributed by atoms with E-state index in [1.165, 1.54) is 0 Å². The second-order valence-electron chi connectivity index (χ2n) is 3.43. The van der Waals surface area contributed by atoms with Crippen LogP contribution in [-0.4, -0.2) is 30.6 Å². The zero-order valence-electron chi connectivity index (χ0n) is 7.22. The van der Waals surface area contributed by atoms with Gasteiger partial charge in [0.15, 0.2) is 0 Å². The van der Waals surface area contributed by atoms with Crippen LogP contribution >= 0.6 is 12.9 Å². The van der Waals surface area contributed by atoms with Crippen molar-refractivity contribution in [2.24, 2.45) is 0 Å². The molecule has 0 saturated carbocycles. The Bertz CT molecular complexity index is 90.1. The lowest BCUT2D eigenvalue weighted by atomic mass is 10.1. The Morgan fingerprint density at radius 2 is 1.90 bits per heavy atom. The number of hydrogen-bond donors (Lipinski definition) is 1. The summed E-state index contributed by atoms with van der Waals surface area (Å²) < 4.78 is 4.66. The van der Waals surface area contributed by atoms with E-state index in [-0.39, 0.29) is 5.54 Å². The summed E-state index contributed by atoms with van der Waals surface area (Å²) in [5.41, 5.74) is 0.228. The first-order chi connectivity index (χ1) is 4.48. The highest BCUT2D eigenvalue weighted by Crippen LogP contribution is 2.09. The van der Waals surface area contributed by atoms with E-state index in [1.807, 2.05) is 0 Å².